The summed E-state index contributed by atoms with van der Waals surface area (Å²) in [5.74, 6) is 4.17. The lowest BCUT2D eigenvalue weighted by atomic mass is 9.73. The van der Waals surface area contributed by atoms with Crippen LogP contribution in [0.15, 0.2) is 0 Å². The van der Waals surface area contributed by atoms with Crippen LogP contribution in [0, 0.1) is 23.2 Å². The van der Waals surface area contributed by atoms with Crippen molar-refractivity contribution >= 4 is 11.8 Å². The zero-order chi connectivity index (χ0) is 11.5. The Bertz CT molecular complexity index is 180. The van der Waals surface area contributed by atoms with Gasteiger partial charge < -0.3 is 0 Å². The Morgan fingerprint density at radius 2 is 2.07 bits per heavy atom. The molecule has 0 N–H and O–H groups in total. The van der Waals surface area contributed by atoms with Gasteiger partial charge in [-0.2, -0.15) is 11.8 Å². The lowest BCUT2D eigenvalue weighted by molar-refractivity contribution is 0.176. The van der Waals surface area contributed by atoms with Crippen molar-refractivity contribution in [2.75, 3.05) is 12.0 Å². The van der Waals surface area contributed by atoms with Crippen LogP contribution in [-0.4, -0.2) is 12.0 Å². The quantitative estimate of drug-likeness (QED) is 0.649. The van der Waals surface area contributed by atoms with Crippen LogP contribution in [0.3, 0.4) is 0 Å². The average molecular weight is 228 g/mol. The Hall–Kier alpha value is 0.350. The van der Waals surface area contributed by atoms with Crippen LogP contribution in [0.4, 0.5) is 0 Å². The molecule has 90 valence electrons. The van der Waals surface area contributed by atoms with Gasteiger partial charge in [0.25, 0.3) is 0 Å². The van der Waals surface area contributed by atoms with Crippen LogP contribution in [0.5, 0.6) is 0 Å². The average Bonchev–Trinajstić information content (AvgIpc) is 2.46. The van der Waals surface area contributed by atoms with E-state index in [4.69, 9.17) is 0 Å². The predicted molar refractivity (Wildman–Crippen MR) is 72.4 cm³/mol. The minimum Gasteiger partial charge on any atom is -0.165 e. The van der Waals surface area contributed by atoms with Crippen molar-refractivity contribution in [1.82, 2.24) is 0 Å². The van der Waals surface area contributed by atoms with E-state index >= 15 is 0 Å². The van der Waals surface area contributed by atoms with E-state index < -0.39 is 0 Å². The molecule has 0 aromatic carbocycles. The van der Waals surface area contributed by atoms with Gasteiger partial charge in [-0.05, 0) is 54.4 Å². The van der Waals surface area contributed by atoms with Gasteiger partial charge in [-0.1, -0.05) is 34.1 Å². The highest BCUT2D eigenvalue weighted by Crippen LogP contribution is 2.53. The SMILES string of the molecule is CCCC1(CSC)CCC(C(C)C)C1C. The van der Waals surface area contributed by atoms with E-state index in [0.29, 0.717) is 5.41 Å². The third kappa shape index (κ3) is 2.72. The molecule has 1 aliphatic rings. The Kier molecular flexibility index (Phi) is 5.02. The molecule has 0 heterocycles. The third-order valence-electron chi connectivity index (χ3n) is 4.62. The maximum atomic E-state index is 2.52. The summed E-state index contributed by atoms with van der Waals surface area (Å²) < 4.78 is 0. The second-order valence-corrected chi connectivity index (χ2v) is 6.65. The zero-order valence-electron chi connectivity index (χ0n) is 11.2. The summed E-state index contributed by atoms with van der Waals surface area (Å²) in [4.78, 5) is 0. The molecule has 0 bridgehead atoms. The van der Waals surface area contributed by atoms with Crippen LogP contribution in [0.2, 0.25) is 0 Å². The van der Waals surface area contributed by atoms with Crippen molar-refractivity contribution in [3.05, 3.63) is 0 Å². The first-order valence-corrected chi connectivity index (χ1v) is 7.95. The molecule has 15 heavy (non-hydrogen) atoms. The van der Waals surface area contributed by atoms with Crippen LogP contribution < -0.4 is 0 Å². The lowest BCUT2D eigenvalue weighted by Gasteiger charge is -2.36. The first-order valence-electron chi connectivity index (χ1n) is 6.56. The molecule has 3 atom stereocenters. The van der Waals surface area contributed by atoms with Crippen molar-refractivity contribution < 1.29 is 0 Å². The molecular formula is C14H28S. The molecule has 0 aromatic rings. The number of thioether (sulfide) groups is 1. The Morgan fingerprint density at radius 1 is 1.40 bits per heavy atom. The summed E-state index contributed by atoms with van der Waals surface area (Å²) >= 11 is 2.06. The molecule has 1 rings (SSSR count). The Balaban J connectivity index is 2.73. The van der Waals surface area contributed by atoms with Gasteiger partial charge >= 0.3 is 0 Å². The lowest BCUT2D eigenvalue weighted by Crippen LogP contribution is -2.30. The fourth-order valence-electron chi connectivity index (χ4n) is 3.71. The van der Waals surface area contributed by atoms with E-state index in [1.807, 2.05) is 0 Å². The maximum absolute atomic E-state index is 2.52. The monoisotopic (exact) mass is 228 g/mol. The summed E-state index contributed by atoms with van der Waals surface area (Å²) in [6, 6.07) is 0. The van der Waals surface area contributed by atoms with E-state index in [0.717, 1.165) is 17.8 Å². The summed E-state index contributed by atoms with van der Waals surface area (Å²) in [5.41, 5.74) is 0.670. The molecule has 0 amide bonds. The van der Waals surface area contributed by atoms with E-state index in [2.05, 4.69) is 45.7 Å². The highest BCUT2D eigenvalue weighted by atomic mass is 32.2. The largest absolute Gasteiger partial charge is 0.165 e. The summed E-state index contributed by atoms with van der Waals surface area (Å²) in [6.07, 6.45) is 8.02. The summed E-state index contributed by atoms with van der Waals surface area (Å²) in [6.45, 7) is 9.67. The van der Waals surface area contributed by atoms with E-state index in [-0.39, 0.29) is 0 Å². The van der Waals surface area contributed by atoms with Gasteiger partial charge in [0.15, 0.2) is 0 Å². The summed E-state index contributed by atoms with van der Waals surface area (Å²) in [5, 5.41) is 0. The molecule has 1 saturated carbocycles. The molecule has 0 aromatic heterocycles. The van der Waals surface area contributed by atoms with E-state index in [1.54, 1.807) is 0 Å². The smallest absolute Gasteiger partial charge is 0.00109 e. The fraction of sp³-hybridized carbons (Fsp3) is 1.00. The molecule has 0 nitrogen and oxygen atoms in total. The minimum absolute atomic E-state index is 0.670. The topological polar surface area (TPSA) is 0 Å². The van der Waals surface area contributed by atoms with Crippen molar-refractivity contribution in [3.8, 4) is 0 Å². The number of rotatable bonds is 5. The van der Waals surface area contributed by atoms with Gasteiger partial charge in [-0.25, -0.2) is 0 Å². The van der Waals surface area contributed by atoms with Gasteiger partial charge in [0.05, 0.1) is 0 Å². The maximum Gasteiger partial charge on any atom is -0.00109 e. The van der Waals surface area contributed by atoms with Crippen molar-refractivity contribution in [3.63, 3.8) is 0 Å². The van der Waals surface area contributed by atoms with Crippen LogP contribution in [0.1, 0.15) is 53.4 Å². The second-order valence-electron chi connectivity index (χ2n) is 5.78. The third-order valence-corrected chi connectivity index (χ3v) is 5.48. The Labute approximate surface area is 101 Å². The second kappa shape index (κ2) is 5.61. The normalized spacial score (nSPS) is 36.4. The highest BCUT2D eigenvalue weighted by molar-refractivity contribution is 7.98. The van der Waals surface area contributed by atoms with Gasteiger partial charge in [-0.15, -0.1) is 0 Å². The van der Waals surface area contributed by atoms with Gasteiger partial charge in [-0.3, -0.25) is 0 Å². The predicted octanol–water partition coefficient (Wildman–Crippen LogP) is 4.84. The van der Waals surface area contributed by atoms with E-state index in [1.165, 1.54) is 31.4 Å². The van der Waals surface area contributed by atoms with Gasteiger partial charge in [0.1, 0.15) is 0 Å². The van der Waals surface area contributed by atoms with Crippen LogP contribution in [-0.2, 0) is 0 Å². The highest BCUT2D eigenvalue weighted by Gasteiger charge is 2.45. The van der Waals surface area contributed by atoms with Crippen molar-refractivity contribution in [2.45, 2.75) is 53.4 Å². The van der Waals surface area contributed by atoms with Gasteiger partial charge in [0.2, 0.25) is 0 Å². The molecule has 1 heteroatoms. The summed E-state index contributed by atoms with van der Waals surface area (Å²) in [7, 11) is 0. The Morgan fingerprint density at radius 3 is 2.47 bits per heavy atom. The van der Waals surface area contributed by atoms with Crippen molar-refractivity contribution in [1.29, 1.82) is 0 Å². The number of hydrogen-bond acceptors (Lipinski definition) is 1. The zero-order valence-corrected chi connectivity index (χ0v) is 12.0. The standard InChI is InChI=1S/C14H28S/c1-6-8-14(10-15-5)9-7-13(11(2)3)12(14)4/h11-13H,6-10H2,1-5H3. The first-order chi connectivity index (χ1) is 7.07. The van der Waals surface area contributed by atoms with E-state index in [9.17, 15) is 0 Å². The number of hydrogen-bond donors (Lipinski definition) is 0. The molecule has 0 saturated heterocycles. The first kappa shape index (κ1) is 13.4. The van der Waals surface area contributed by atoms with Crippen LogP contribution >= 0.6 is 11.8 Å². The van der Waals surface area contributed by atoms with Gasteiger partial charge in [0, 0.05) is 0 Å². The molecule has 0 spiro atoms. The molecule has 0 radical (unpaired) electrons. The molecule has 1 fully saturated rings. The fourth-order valence-corrected chi connectivity index (χ4v) is 4.84. The molecule has 1 aliphatic carbocycles. The van der Waals surface area contributed by atoms with Crippen LogP contribution in [0.25, 0.3) is 0 Å². The van der Waals surface area contributed by atoms with Crippen molar-refractivity contribution in [2.24, 2.45) is 23.2 Å². The minimum atomic E-state index is 0.670. The molecule has 0 aliphatic heterocycles. The molecular weight excluding hydrogens is 200 g/mol. The molecule has 3 unspecified atom stereocenters.